The van der Waals surface area contributed by atoms with Crippen molar-refractivity contribution in [1.29, 1.82) is 0 Å². The maximum Gasteiger partial charge on any atom is 0.336 e. The highest BCUT2D eigenvalue weighted by molar-refractivity contribution is 5.99. The van der Waals surface area contributed by atoms with Gasteiger partial charge in [0, 0.05) is 18.0 Å². The van der Waals surface area contributed by atoms with Gasteiger partial charge in [-0.25, -0.2) is 14.8 Å². The topological polar surface area (TPSA) is 68.0 Å². The summed E-state index contributed by atoms with van der Waals surface area (Å²) in [7, 11) is 0. The van der Waals surface area contributed by atoms with Crippen LogP contribution in [0.5, 0.6) is 0 Å². The molecule has 5 heteroatoms. The maximum atomic E-state index is 11.7. The summed E-state index contributed by atoms with van der Waals surface area (Å²) < 4.78 is 2.16. The van der Waals surface area contributed by atoms with E-state index in [-0.39, 0.29) is 0 Å². The molecule has 0 aliphatic rings. The molecule has 0 amide bonds. The first-order valence-corrected chi connectivity index (χ1v) is 10.9. The first-order chi connectivity index (χ1) is 15.7. The van der Waals surface area contributed by atoms with E-state index in [4.69, 9.17) is 4.98 Å². The van der Waals surface area contributed by atoms with Gasteiger partial charge in [-0.05, 0) is 53.3 Å². The van der Waals surface area contributed by atoms with Gasteiger partial charge in [-0.15, -0.1) is 0 Å². The lowest BCUT2D eigenvalue weighted by Gasteiger charge is -2.13. The molecule has 0 aliphatic carbocycles. The summed E-state index contributed by atoms with van der Waals surface area (Å²) in [5.41, 5.74) is 4.68. The lowest BCUT2D eigenvalue weighted by molar-refractivity contribution is 0.0697. The Morgan fingerprint density at radius 1 is 1.00 bits per heavy atom. The minimum Gasteiger partial charge on any atom is -0.478 e. The van der Waals surface area contributed by atoms with Crippen molar-refractivity contribution in [1.82, 2.24) is 14.5 Å². The number of aromatic carboxylic acids is 1. The molecule has 1 N–H and O–H groups in total. The van der Waals surface area contributed by atoms with Gasteiger partial charge in [0.05, 0.1) is 11.3 Å². The Balaban J connectivity index is 1.71. The number of aromatic nitrogens is 3. The van der Waals surface area contributed by atoms with Crippen molar-refractivity contribution < 1.29 is 9.90 Å². The fraction of sp³-hybridized carbons (Fsp3) is 0.148. The molecule has 0 radical (unpaired) electrons. The van der Waals surface area contributed by atoms with Crippen molar-refractivity contribution in [3.05, 3.63) is 90.4 Å². The van der Waals surface area contributed by atoms with E-state index >= 15 is 0 Å². The van der Waals surface area contributed by atoms with E-state index in [1.54, 1.807) is 18.3 Å². The second kappa shape index (κ2) is 8.27. The fourth-order valence-electron chi connectivity index (χ4n) is 4.27. The van der Waals surface area contributed by atoms with E-state index < -0.39 is 5.97 Å². The van der Waals surface area contributed by atoms with E-state index in [1.807, 2.05) is 36.4 Å². The Kier molecular flexibility index (Phi) is 5.15. The molecule has 0 atom stereocenters. The number of imidazole rings is 1. The molecule has 2 heterocycles. The predicted octanol–water partition coefficient (Wildman–Crippen LogP) is 6.28. The number of carboxylic acid groups (broad SMARTS) is 1. The molecule has 2 aromatic heterocycles. The van der Waals surface area contributed by atoms with E-state index in [0.29, 0.717) is 11.1 Å². The Bertz CT molecular complexity index is 1450. The van der Waals surface area contributed by atoms with Crippen molar-refractivity contribution in [2.45, 2.75) is 26.2 Å². The quantitative estimate of drug-likeness (QED) is 0.350. The zero-order chi connectivity index (χ0) is 22.1. The molecule has 0 bridgehead atoms. The lowest BCUT2D eigenvalue weighted by Crippen LogP contribution is -2.03. The van der Waals surface area contributed by atoms with Gasteiger partial charge in [-0.1, -0.05) is 55.8 Å². The molecule has 0 aliphatic heterocycles. The Morgan fingerprint density at radius 2 is 1.88 bits per heavy atom. The Hall–Kier alpha value is -3.99. The smallest absolute Gasteiger partial charge is 0.336 e. The largest absolute Gasteiger partial charge is 0.478 e. The molecule has 0 fully saturated rings. The molecule has 5 rings (SSSR count). The highest BCUT2D eigenvalue weighted by Gasteiger charge is 2.16. The van der Waals surface area contributed by atoms with Gasteiger partial charge in [-0.3, -0.25) is 4.57 Å². The molecule has 5 nitrogen and oxygen atoms in total. The molecular weight excluding hydrogens is 398 g/mol. The van der Waals surface area contributed by atoms with Gasteiger partial charge in [0.1, 0.15) is 11.3 Å². The van der Waals surface area contributed by atoms with Crippen LogP contribution in [0, 0.1) is 0 Å². The fourth-order valence-corrected chi connectivity index (χ4v) is 4.27. The van der Waals surface area contributed by atoms with Gasteiger partial charge in [-0.2, -0.15) is 0 Å². The Morgan fingerprint density at radius 3 is 2.72 bits per heavy atom. The molecule has 0 saturated heterocycles. The minimum absolute atomic E-state index is 0.301. The van der Waals surface area contributed by atoms with Crippen LogP contribution >= 0.6 is 0 Å². The third kappa shape index (κ3) is 3.42. The number of rotatable bonds is 6. The average molecular weight is 422 g/mol. The first-order valence-electron chi connectivity index (χ1n) is 10.9. The molecular formula is C27H23N3O2. The summed E-state index contributed by atoms with van der Waals surface area (Å²) in [6, 6.07) is 23.3. The van der Waals surface area contributed by atoms with Crippen LogP contribution in [0.25, 0.3) is 38.8 Å². The number of fused-ring (bicyclic) bond motifs is 2. The van der Waals surface area contributed by atoms with Crippen LogP contribution in [0.2, 0.25) is 0 Å². The standard InChI is InChI=1S/C27H23N3O2/c1-2-3-13-25-29-23-11-7-16-28-26(23)30(25)24-12-6-8-18-17-19(14-15-21(18)24)20-9-4-5-10-22(20)27(31)32/h4-12,14-17H,2-3,13H2,1H3,(H,31,32). The number of aryl methyl sites for hydroxylation is 1. The number of unbranched alkanes of at least 4 members (excludes halogenated alkanes) is 1. The van der Waals surface area contributed by atoms with Crippen LogP contribution in [0.4, 0.5) is 0 Å². The molecule has 0 unspecified atom stereocenters. The van der Waals surface area contributed by atoms with Gasteiger partial charge in [0.15, 0.2) is 5.65 Å². The molecule has 0 spiro atoms. The summed E-state index contributed by atoms with van der Waals surface area (Å²) in [4.78, 5) is 21.2. The third-order valence-electron chi connectivity index (χ3n) is 5.81. The van der Waals surface area contributed by atoms with Crippen LogP contribution < -0.4 is 0 Å². The molecule has 0 saturated carbocycles. The molecule has 5 aromatic rings. The van der Waals surface area contributed by atoms with Crippen LogP contribution in [-0.2, 0) is 6.42 Å². The number of pyridine rings is 1. The highest BCUT2D eigenvalue weighted by atomic mass is 16.4. The van der Waals surface area contributed by atoms with Crippen molar-refractivity contribution >= 4 is 27.9 Å². The minimum atomic E-state index is -0.925. The highest BCUT2D eigenvalue weighted by Crippen LogP contribution is 2.32. The number of benzene rings is 3. The Labute approximate surface area is 186 Å². The second-order valence-corrected chi connectivity index (χ2v) is 7.88. The summed E-state index contributed by atoms with van der Waals surface area (Å²) in [6.07, 6.45) is 4.84. The SMILES string of the molecule is CCCCc1nc2cccnc2n1-c1cccc2cc(-c3ccccc3C(=O)O)ccc12. The normalized spacial score (nSPS) is 11.3. The molecule has 3 aromatic carbocycles. The van der Waals surface area contributed by atoms with Gasteiger partial charge >= 0.3 is 5.97 Å². The first kappa shape index (κ1) is 19.9. The summed E-state index contributed by atoms with van der Waals surface area (Å²) >= 11 is 0. The number of hydrogen-bond donors (Lipinski definition) is 1. The summed E-state index contributed by atoms with van der Waals surface area (Å²) in [6.45, 7) is 2.18. The average Bonchev–Trinajstić information content (AvgIpc) is 3.20. The van der Waals surface area contributed by atoms with Crippen LogP contribution in [0.15, 0.2) is 79.0 Å². The third-order valence-corrected chi connectivity index (χ3v) is 5.81. The van der Waals surface area contributed by atoms with Crippen molar-refractivity contribution in [3.63, 3.8) is 0 Å². The van der Waals surface area contributed by atoms with Crippen molar-refractivity contribution in [2.75, 3.05) is 0 Å². The number of hydrogen-bond acceptors (Lipinski definition) is 3. The lowest BCUT2D eigenvalue weighted by atomic mass is 9.96. The monoisotopic (exact) mass is 421 g/mol. The van der Waals surface area contributed by atoms with E-state index in [1.165, 1.54) is 0 Å². The van der Waals surface area contributed by atoms with Gasteiger partial charge in [0.2, 0.25) is 0 Å². The molecule has 158 valence electrons. The van der Waals surface area contributed by atoms with E-state index in [9.17, 15) is 9.90 Å². The molecule has 32 heavy (non-hydrogen) atoms. The van der Waals surface area contributed by atoms with E-state index in [0.717, 1.165) is 58.3 Å². The van der Waals surface area contributed by atoms with Crippen LogP contribution in [0.3, 0.4) is 0 Å². The predicted molar refractivity (Wildman–Crippen MR) is 127 cm³/mol. The van der Waals surface area contributed by atoms with Crippen LogP contribution in [-0.4, -0.2) is 25.6 Å². The van der Waals surface area contributed by atoms with Gasteiger partial charge < -0.3 is 5.11 Å². The van der Waals surface area contributed by atoms with E-state index in [2.05, 4.69) is 40.7 Å². The number of carbonyl (C=O) groups is 1. The van der Waals surface area contributed by atoms with Crippen molar-refractivity contribution in [3.8, 4) is 16.8 Å². The number of carboxylic acids is 1. The maximum absolute atomic E-state index is 11.7. The zero-order valence-electron chi connectivity index (χ0n) is 17.8. The van der Waals surface area contributed by atoms with Crippen molar-refractivity contribution in [2.24, 2.45) is 0 Å². The van der Waals surface area contributed by atoms with Crippen LogP contribution in [0.1, 0.15) is 35.9 Å². The van der Waals surface area contributed by atoms with Gasteiger partial charge in [0.25, 0.3) is 0 Å². The zero-order valence-corrected chi connectivity index (χ0v) is 17.8. The second-order valence-electron chi connectivity index (χ2n) is 7.88. The summed E-state index contributed by atoms with van der Waals surface area (Å²) in [5.74, 6) is 0.0827. The summed E-state index contributed by atoms with van der Waals surface area (Å²) in [5, 5.41) is 11.7. The number of nitrogens with zero attached hydrogens (tertiary/aromatic N) is 3.